The summed E-state index contributed by atoms with van der Waals surface area (Å²) in [5, 5.41) is 6.42. The lowest BCUT2D eigenvalue weighted by atomic mass is 9.67. The minimum atomic E-state index is -0.380. The number of esters is 1. The normalized spacial score (nSPS) is 26.4. The summed E-state index contributed by atoms with van der Waals surface area (Å²) in [6.07, 6.45) is 4.36. The molecule has 1 aliphatic carbocycles. The van der Waals surface area contributed by atoms with Gasteiger partial charge in [0.2, 0.25) is 5.91 Å². The lowest BCUT2D eigenvalue weighted by Crippen LogP contribution is -2.44. The molecule has 2 fully saturated rings. The first-order valence-electron chi connectivity index (χ1n) is 8.28. The van der Waals surface area contributed by atoms with Crippen LogP contribution in [-0.2, 0) is 9.53 Å². The van der Waals surface area contributed by atoms with E-state index in [0.717, 1.165) is 37.9 Å². The van der Waals surface area contributed by atoms with Crippen molar-refractivity contribution >= 4 is 17.6 Å². The number of rotatable bonds is 3. The van der Waals surface area contributed by atoms with Crippen molar-refractivity contribution in [3.05, 3.63) is 29.3 Å². The van der Waals surface area contributed by atoms with E-state index in [4.69, 9.17) is 4.74 Å². The molecule has 5 nitrogen and oxygen atoms in total. The molecule has 5 heteroatoms. The van der Waals surface area contributed by atoms with Crippen LogP contribution in [-0.4, -0.2) is 32.1 Å². The van der Waals surface area contributed by atoms with Gasteiger partial charge in [-0.1, -0.05) is 18.9 Å². The fourth-order valence-corrected chi connectivity index (χ4v) is 3.98. The van der Waals surface area contributed by atoms with Crippen LogP contribution < -0.4 is 10.6 Å². The molecule has 3 rings (SSSR count). The summed E-state index contributed by atoms with van der Waals surface area (Å²) in [5.74, 6) is 0.114. The van der Waals surface area contributed by atoms with Crippen LogP contribution in [0.5, 0.6) is 0 Å². The summed E-state index contributed by atoms with van der Waals surface area (Å²) in [5.41, 5.74) is 1.69. The minimum Gasteiger partial charge on any atom is -0.465 e. The van der Waals surface area contributed by atoms with Crippen LogP contribution in [0.2, 0.25) is 0 Å². The van der Waals surface area contributed by atoms with E-state index in [0.29, 0.717) is 17.2 Å². The van der Waals surface area contributed by atoms with E-state index < -0.39 is 0 Å². The number of benzene rings is 1. The van der Waals surface area contributed by atoms with Gasteiger partial charge in [-0.2, -0.15) is 0 Å². The monoisotopic (exact) mass is 316 g/mol. The molecule has 0 radical (unpaired) electrons. The molecule has 0 bridgehead atoms. The Morgan fingerprint density at radius 1 is 1.35 bits per heavy atom. The van der Waals surface area contributed by atoms with Gasteiger partial charge in [0.1, 0.15) is 0 Å². The molecule has 2 aliphatic rings. The van der Waals surface area contributed by atoms with Crippen molar-refractivity contribution in [2.75, 3.05) is 25.5 Å². The van der Waals surface area contributed by atoms with E-state index in [9.17, 15) is 9.59 Å². The zero-order valence-corrected chi connectivity index (χ0v) is 13.8. The van der Waals surface area contributed by atoms with Gasteiger partial charge < -0.3 is 15.4 Å². The highest BCUT2D eigenvalue weighted by Crippen LogP contribution is 2.44. The number of aryl methyl sites for hydroxylation is 1. The van der Waals surface area contributed by atoms with Crippen molar-refractivity contribution in [2.24, 2.45) is 11.3 Å². The molecule has 23 heavy (non-hydrogen) atoms. The highest BCUT2D eigenvalue weighted by atomic mass is 16.5. The van der Waals surface area contributed by atoms with Crippen LogP contribution >= 0.6 is 0 Å². The summed E-state index contributed by atoms with van der Waals surface area (Å²) in [6, 6.07) is 5.39. The quantitative estimate of drug-likeness (QED) is 0.841. The molecule has 1 amide bonds. The number of hydrogen-bond donors (Lipinski definition) is 2. The Balaban J connectivity index is 1.81. The van der Waals surface area contributed by atoms with Gasteiger partial charge in [0.25, 0.3) is 0 Å². The van der Waals surface area contributed by atoms with E-state index in [1.807, 2.05) is 19.1 Å². The van der Waals surface area contributed by atoms with E-state index in [1.54, 1.807) is 6.07 Å². The van der Waals surface area contributed by atoms with E-state index in [1.165, 1.54) is 13.5 Å². The van der Waals surface area contributed by atoms with Gasteiger partial charge in [-0.3, -0.25) is 4.79 Å². The van der Waals surface area contributed by atoms with Gasteiger partial charge in [-0.15, -0.1) is 0 Å². The molecule has 0 unspecified atom stereocenters. The Bertz CT molecular complexity index is 629. The zero-order chi connectivity index (χ0) is 16.4. The number of amides is 1. The highest BCUT2D eigenvalue weighted by Gasteiger charge is 2.49. The number of methoxy groups -OCH3 is 1. The molecule has 1 aromatic carbocycles. The summed E-state index contributed by atoms with van der Waals surface area (Å²) in [7, 11) is 1.36. The second kappa shape index (κ2) is 6.32. The van der Waals surface area contributed by atoms with Crippen molar-refractivity contribution < 1.29 is 14.3 Å². The molecule has 2 N–H and O–H groups in total. The Kier molecular flexibility index (Phi) is 4.39. The SMILES string of the molecule is COC(=O)c1cc(NC(=O)[C@@]23CCCC[C@H]2CNC3)ccc1C. The van der Waals surface area contributed by atoms with Crippen molar-refractivity contribution in [1.82, 2.24) is 5.32 Å². The number of carbonyl (C=O) groups excluding carboxylic acids is 2. The summed E-state index contributed by atoms with van der Waals surface area (Å²) < 4.78 is 4.80. The van der Waals surface area contributed by atoms with Gasteiger partial charge in [0.15, 0.2) is 0 Å². The average molecular weight is 316 g/mol. The first kappa shape index (κ1) is 16.0. The maximum Gasteiger partial charge on any atom is 0.338 e. The third-order valence-corrected chi connectivity index (χ3v) is 5.39. The van der Waals surface area contributed by atoms with Gasteiger partial charge in [-0.05, 0) is 49.9 Å². The molecule has 0 spiro atoms. The largest absolute Gasteiger partial charge is 0.465 e. The maximum absolute atomic E-state index is 12.9. The molecule has 124 valence electrons. The topological polar surface area (TPSA) is 67.4 Å². The second-order valence-corrected chi connectivity index (χ2v) is 6.71. The van der Waals surface area contributed by atoms with Crippen molar-refractivity contribution in [1.29, 1.82) is 0 Å². The summed E-state index contributed by atoms with van der Waals surface area (Å²) in [6.45, 7) is 3.53. The van der Waals surface area contributed by atoms with Crippen LogP contribution in [0.4, 0.5) is 5.69 Å². The Labute approximate surface area is 136 Å². The standard InChI is InChI=1S/C18H24N2O3/c1-12-6-7-14(9-15(12)16(21)23-2)20-17(22)18-8-4-3-5-13(18)10-19-11-18/h6-7,9,13,19H,3-5,8,10-11H2,1-2H3,(H,20,22)/t13-,18+/m0/s1. The number of fused-ring (bicyclic) bond motifs is 1. The molecule has 2 atom stereocenters. The number of ether oxygens (including phenoxy) is 1. The molecular weight excluding hydrogens is 292 g/mol. The van der Waals surface area contributed by atoms with E-state index in [2.05, 4.69) is 10.6 Å². The molecule has 1 heterocycles. The van der Waals surface area contributed by atoms with Crippen molar-refractivity contribution in [3.63, 3.8) is 0 Å². The summed E-state index contributed by atoms with van der Waals surface area (Å²) >= 11 is 0. The zero-order valence-electron chi connectivity index (χ0n) is 13.8. The summed E-state index contributed by atoms with van der Waals surface area (Å²) in [4.78, 5) is 24.7. The number of carbonyl (C=O) groups is 2. The average Bonchev–Trinajstić information content (AvgIpc) is 3.01. The first-order valence-corrected chi connectivity index (χ1v) is 8.28. The lowest BCUT2D eigenvalue weighted by molar-refractivity contribution is -0.128. The van der Waals surface area contributed by atoms with Crippen LogP contribution in [0.1, 0.15) is 41.6 Å². The molecule has 0 aromatic heterocycles. The Morgan fingerprint density at radius 2 is 2.17 bits per heavy atom. The molecule has 1 aliphatic heterocycles. The van der Waals surface area contributed by atoms with Crippen LogP contribution in [0, 0.1) is 18.3 Å². The lowest BCUT2D eigenvalue weighted by Gasteiger charge is -2.37. The smallest absolute Gasteiger partial charge is 0.338 e. The van der Waals surface area contributed by atoms with Crippen LogP contribution in [0.3, 0.4) is 0 Å². The Hall–Kier alpha value is -1.88. The number of hydrogen-bond acceptors (Lipinski definition) is 4. The fourth-order valence-electron chi connectivity index (χ4n) is 3.98. The third-order valence-electron chi connectivity index (χ3n) is 5.39. The van der Waals surface area contributed by atoms with Crippen molar-refractivity contribution in [2.45, 2.75) is 32.6 Å². The second-order valence-electron chi connectivity index (χ2n) is 6.71. The Morgan fingerprint density at radius 3 is 2.96 bits per heavy atom. The maximum atomic E-state index is 12.9. The molecular formula is C18H24N2O3. The minimum absolute atomic E-state index is 0.0758. The third kappa shape index (κ3) is 2.85. The van der Waals surface area contributed by atoms with Gasteiger partial charge in [-0.25, -0.2) is 4.79 Å². The molecule has 1 aromatic rings. The predicted octanol–water partition coefficient (Wildman–Crippen LogP) is 2.50. The van der Waals surface area contributed by atoms with Crippen LogP contribution in [0.25, 0.3) is 0 Å². The molecule has 1 saturated heterocycles. The molecule has 1 saturated carbocycles. The van der Waals surface area contributed by atoms with Crippen molar-refractivity contribution in [3.8, 4) is 0 Å². The van der Waals surface area contributed by atoms with E-state index >= 15 is 0 Å². The predicted molar refractivity (Wildman–Crippen MR) is 88.4 cm³/mol. The highest BCUT2D eigenvalue weighted by molar-refractivity contribution is 5.98. The number of anilines is 1. The fraction of sp³-hybridized carbons (Fsp3) is 0.556. The van der Waals surface area contributed by atoms with Gasteiger partial charge in [0.05, 0.1) is 18.1 Å². The first-order chi connectivity index (χ1) is 11.1. The van der Waals surface area contributed by atoms with Gasteiger partial charge in [0, 0.05) is 12.2 Å². The van der Waals surface area contributed by atoms with E-state index in [-0.39, 0.29) is 17.3 Å². The van der Waals surface area contributed by atoms with Gasteiger partial charge >= 0.3 is 5.97 Å². The number of nitrogens with one attached hydrogen (secondary N) is 2. The van der Waals surface area contributed by atoms with Crippen LogP contribution in [0.15, 0.2) is 18.2 Å².